The minimum absolute atomic E-state index is 0.0150. The van der Waals surface area contributed by atoms with E-state index >= 15 is 0 Å². The molecule has 224 valence electrons. The number of nitrogens with zero attached hydrogens (tertiary/aromatic N) is 1. The third-order valence-electron chi connectivity index (χ3n) is 7.67. The van der Waals surface area contributed by atoms with Gasteiger partial charge in [-0.15, -0.1) is 0 Å². The SMILES string of the molecule is C[C@@H](c1ccccc1)N(C)C[C@@H]1C[C@H](c2ccc(CO)cc2)O[C@H](c2cccc(NC(=O)CCCCC(=O)NO)c2)O1. The van der Waals surface area contributed by atoms with Gasteiger partial charge in [-0.05, 0) is 55.6 Å². The van der Waals surface area contributed by atoms with Crippen LogP contribution in [0.5, 0.6) is 0 Å². The molecule has 1 aliphatic rings. The lowest BCUT2D eigenvalue weighted by molar-refractivity contribution is -0.253. The van der Waals surface area contributed by atoms with Crippen molar-refractivity contribution in [3.8, 4) is 0 Å². The van der Waals surface area contributed by atoms with E-state index in [0.717, 1.165) is 16.7 Å². The van der Waals surface area contributed by atoms with Gasteiger partial charge in [-0.25, -0.2) is 5.48 Å². The lowest BCUT2D eigenvalue weighted by Crippen LogP contribution is -2.38. The Morgan fingerprint density at radius 3 is 2.33 bits per heavy atom. The molecule has 4 atom stereocenters. The van der Waals surface area contributed by atoms with Crippen LogP contribution < -0.4 is 10.8 Å². The second-order valence-electron chi connectivity index (χ2n) is 10.8. The Hall–Kier alpha value is -3.60. The summed E-state index contributed by atoms with van der Waals surface area (Å²) in [5, 5.41) is 21.0. The number of likely N-dealkylation sites (N-methyl/N-ethyl adjacent to an activating group) is 1. The summed E-state index contributed by atoms with van der Waals surface area (Å²) in [4.78, 5) is 26.0. The van der Waals surface area contributed by atoms with Crippen molar-refractivity contribution in [2.75, 3.05) is 18.9 Å². The Morgan fingerprint density at radius 2 is 1.64 bits per heavy atom. The molecule has 2 amide bonds. The number of rotatable bonds is 13. The fourth-order valence-corrected chi connectivity index (χ4v) is 5.11. The first-order chi connectivity index (χ1) is 20.4. The fourth-order valence-electron chi connectivity index (χ4n) is 5.11. The summed E-state index contributed by atoms with van der Waals surface area (Å²) >= 11 is 0. The van der Waals surface area contributed by atoms with Gasteiger partial charge in [0, 0.05) is 43.1 Å². The molecule has 1 aliphatic heterocycles. The lowest BCUT2D eigenvalue weighted by atomic mass is 9.99. The molecule has 42 heavy (non-hydrogen) atoms. The van der Waals surface area contributed by atoms with Crippen LogP contribution in [0.1, 0.15) is 79.7 Å². The van der Waals surface area contributed by atoms with E-state index in [-0.39, 0.29) is 43.6 Å². The molecule has 0 radical (unpaired) electrons. The van der Waals surface area contributed by atoms with Crippen LogP contribution in [-0.2, 0) is 25.7 Å². The van der Waals surface area contributed by atoms with Crippen LogP contribution in [0.15, 0.2) is 78.9 Å². The van der Waals surface area contributed by atoms with Crippen LogP contribution >= 0.6 is 0 Å². The van der Waals surface area contributed by atoms with E-state index in [9.17, 15) is 14.7 Å². The summed E-state index contributed by atoms with van der Waals surface area (Å²) in [6, 6.07) is 25.9. The van der Waals surface area contributed by atoms with Gasteiger partial charge in [-0.1, -0.05) is 66.7 Å². The highest BCUT2D eigenvalue weighted by Crippen LogP contribution is 2.39. The Kier molecular flexibility index (Phi) is 11.6. The van der Waals surface area contributed by atoms with Crippen molar-refractivity contribution in [1.82, 2.24) is 10.4 Å². The summed E-state index contributed by atoms with van der Waals surface area (Å²) in [5.74, 6) is -0.615. The van der Waals surface area contributed by atoms with Gasteiger partial charge in [0.2, 0.25) is 11.8 Å². The van der Waals surface area contributed by atoms with E-state index in [1.807, 2.05) is 66.7 Å². The molecule has 0 unspecified atom stereocenters. The number of aliphatic hydroxyl groups is 1. The molecule has 9 nitrogen and oxygen atoms in total. The molecular formula is C33H41N3O6. The third-order valence-corrected chi connectivity index (χ3v) is 7.67. The number of hydroxylamine groups is 1. The zero-order valence-corrected chi connectivity index (χ0v) is 24.2. The highest BCUT2D eigenvalue weighted by atomic mass is 16.7. The number of hydrogen-bond acceptors (Lipinski definition) is 7. The second-order valence-corrected chi connectivity index (χ2v) is 10.8. The van der Waals surface area contributed by atoms with Crippen LogP contribution in [-0.4, -0.2) is 46.7 Å². The number of benzene rings is 3. The first kappa shape index (κ1) is 31.3. The topological polar surface area (TPSA) is 120 Å². The summed E-state index contributed by atoms with van der Waals surface area (Å²) in [6.45, 7) is 2.87. The number of ether oxygens (including phenoxy) is 2. The van der Waals surface area contributed by atoms with Crippen molar-refractivity contribution < 1.29 is 29.4 Å². The van der Waals surface area contributed by atoms with Crippen molar-refractivity contribution in [2.45, 2.75) is 70.2 Å². The van der Waals surface area contributed by atoms with Crippen LogP contribution in [0.2, 0.25) is 0 Å². The smallest absolute Gasteiger partial charge is 0.243 e. The Morgan fingerprint density at radius 1 is 0.929 bits per heavy atom. The van der Waals surface area contributed by atoms with E-state index < -0.39 is 12.2 Å². The van der Waals surface area contributed by atoms with Crippen LogP contribution in [0.25, 0.3) is 0 Å². The van der Waals surface area contributed by atoms with Gasteiger partial charge >= 0.3 is 0 Å². The van der Waals surface area contributed by atoms with Crippen LogP contribution in [0.3, 0.4) is 0 Å². The van der Waals surface area contributed by atoms with E-state index in [1.54, 1.807) is 5.48 Å². The monoisotopic (exact) mass is 575 g/mol. The van der Waals surface area contributed by atoms with E-state index in [4.69, 9.17) is 14.7 Å². The fraction of sp³-hybridized carbons (Fsp3) is 0.394. The number of aliphatic hydroxyl groups excluding tert-OH is 1. The maximum atomic E-state index is 12.5. The summed E-state index contributed by atoms with van der Waals surface area (Å²) in [6.07, 6.45) is 1.17. The van der Waals surface area contributed by atoms with Crippen molar-refractivity contribution in [1.29, 1.82) is 0 Å². The molecule has 3 aromatic rings. The number of amides is 2. The summed E-state index contributed by atoms with van der Waals surface area (Å²) < 4.78 is 13.0. The summed E-state index contributed by atoms with van der Waals surface area (Å²) in [5.41, 5.74) is 6.13. The number of anilines is 1. The number of unbranched alkanes of at least 4 members (excludes halogenated alkanes) is 1. The van der Waals surface area contributed by atoms with Gasteiger partial charge in [-0.3, -0.25) is 19.7 Å². The lowest BCUT2D eigenvalue weighted by Gasteiger charge is -2.39. The molecule has 4 rings (SSSR count). The van der Waals surface area contributed by atoms with E-state index in [1.165, 1.54) is 5.56 Å². The van der Waals surface area contributed by atoms with Crippen molar-refractivity contribution in [3.05, 3.63) is 101 Å². The Bertz CT molecular complexity index is 1290. The molecule has 4 N–H and O–H groups in total. The van der Waals surface area contributed by atoms with Crippen molar-refractivity contribution in [3.63, 3.8) is 0 Å². The standard InChI is InChI=1S/C33H41N3O6/c1-23(25-9-4-3-5-10-25)36(2)21-29-20-30(26-17-15-24(22-37)16-18-26)42-33(41-29)27-11-8-12-28(19-27)34-31(38)13-6-7-14-32(39)35-40/h3-5,8-12,15-19,23,29-30,33,37,40H,6-7,13-14,20-22H2,1-2H3,(H,34,38)(H,35,39)/t23-,29-,30+,33+/m0/s1. The van der Waals surface area contributed by atoms with Gasteiger partial charge < -0.3 is 19.9 Å². The van der Waals surface area contributed by atoms with Gasteiger partial charge in [0.15, 0.2) is 6.29 Å². The Labute approximate surface area is 247 Å². The molecule has 0 aliphatic carbocycles. The Balaban J connectivity index is 1.46. The first-order valence-corrected chi connectivity index (χ1v) is 14.4. The number of hydrogen-bond donors (Lipinski definition) is 4. The van der Waals surface area contributed by atoms with Crippen LogP contribution in [0, 0.1) is 0 Å². The zero-order valence-electron chi connectivity index (χ0n) is 24.2. The average molecular weight is 576 g/mol. The molecule has 1 saturated heterocycles. The molecule has 3 aromatic carbocycles. The van der Waals surface area contributed by atoms with Crippen molar-refractivity contribution >= 4 is 17.5 Å². The quantitative estimate of drug-likeness (QED) is 0.122. The second kappa shape index (κ2) is 15.6. The molecule has 1 fully saturated rings. The number of carbonyl (C=O) groups is 2. The van der Waals surface area contributed by atoms with Gasteiger partial charge in [0.25, 0.3) is 0 Å². The predicted octanol–water partition coefficient (Wildman–Crippen LogP) is 5.42. The van der Waals surface area contributed by atoms with E-state index in [2.05, 4.69) is 36.3 Å². The van der Waals surface area contributed by atoms with E-state index in [0.29, 0.717) is 31.5 Å². The highest BCUT2D eigenvalue weighted by molar-refractivity contribution is 5.90. The molecule has 0 aromatic heterocycles. The molecule has 0 bridgehead atoms. The number of nitrogens with one attached hydrogen (secondary N) is 2. The molecule has 0 spiro atoms. The molecule has 9 heteroatoms. The molecular weight excluding hydrogens is 534 g/mol. The molecule has 1 heterocycles. The first-order valence-electron chi connectivity index (χ1n) is 14.4. The normalized spacial score (nSPS) is 19.3. The number of carbonyl (C=O) groups excluding carboxylic acids is 2. The minimum atomic E-state index is -0.638. The van der Waals surface area contributed by atoms with Crippen molar-refractivity contribution in [2.24, 2.45) is 0 Å². The minimum Gasteiger partial charge on any atom is -0.392 e. The maximum absolute atomic E-state index is 12.5. The molecule has 0 saturated carbocycles. The average Bonchev–Trinajstić information content (AvgIpc) is 3.03. The summed E-state index contributed by atoms with van der Waals surface area (Å²) in [7, 11) is 2.10. The maximum Gasteiger partial charge on any atom is 0.243 e. The predicted molar refractivity (Wildman–Crippen MR) is 159 cm³/mol. The van der Waals surface area contributed by atoms with Gasteiger partial charge in [0.1, 0.15) is 0 Å². The van der Waals surface area contributed by atoms with Gasteiger partial charge in [0.05, 0.1) is 18.8 Å². The van der Waals surface area contributed by atoms with Crippen LogP contribution in [0.4, 0.5) is 5.69 Å². The van der Waals surface area contributed by atoms with Gasteiger partial charge in [-0.2, -0.15) is 0 Å². The third kappa shape index (κ3) is 8.95. The highest BCUT2D eigenvalue weighted by Gasteiger charge is 2.33. The largest absolute Gasteiger partial charge is 0.392 e. The zero-order chi connectivity index (χ0) is 29.9.